The molecule has 0 aliphatic carbocycles. The number of hydrogen-bond donors (Lipinski definition) is 6. The summed E-state index contributed by atoms with van der Waals surface area (Å²) in [5.41, 5.74) is 0. The Balaban J connectivity index is -0.0000000110. The largest absolute Gasteiger partial charge is 2.00 e. The van der Waals surface area contributed by atoms with Gasteiger partial charge in [-0.1, -0.05) is 0 Å². The Hall–Kier alpha value is -1.20. The van der Waals surface area contributed by atoms with Gasteiger partial charge in [0, 0.05) is 27.7 Å². The van der Waals surface area contributed by atoms with E-state index in [4.69, 9.17) is 39.6 Å². The van der Waals surface area contributed by atoms with Crippen molar-refractivity contribution in [1.82, 2.24) is 12.3 Å². The van der Waals surface area contributed by atoms with Crippen LogP contribution in [0, 0.1) is 0 Å². The number of carboxylic acid groups (broad SMARTS) is 4. The van der Waals surface area contributed by atoms with Gasteiger partial charge in [-0.2, -0.15) is 0 Å². The Morgan fingerprint density at radius 1 is 0.619 bits per heavy atom. The molecular weight excluding hydrogens is 316 g/mol. The summed E-state index contributed by atoms with van der Waals surface area (Å²) in [6.45, 7) is 10.3. The molecule has 0 amide bonds. The van der Waals surface area contributed by atoms with Crippen molar-refractivity contribution in [1.29, 1.82) is 0 Å². The Morgan fingerprint density at radius 2 is 0.619 bits per heavy atom. The third kappa shape index (κ3) is 3680. The second kappa shape index (κ2) is 51.1. The average Bonchev–Trinajstić information content (AvgIpc) is 2.01. The monoisotopic (exact) mass is 344 g/mol. The number of carboxylic acids is 4. The van der Waals surface area contributed by atoms with Gasteiger partial charge in [-0.3, -0.25) is 19.2 Å². The van der Waals surface area contributed by atoms with Gasteiger partial charge in [-0.25, -0.2) is 0 Å². The van der Waals surface area contributed by atoms with E-state index in [0.717, 1.165) is 27.7 Å². The van der Waals surface area contributed by atoms with E-state index in [1.165, 1.54) is 0 Å². The fraction of sp³-hybridized carbons (Fsp3) is 0.400. The van der Waals surface area contributed by atoms with Crippen molar-refractivity contribution in [3.05, 3.63) is 13.2 Å². The van der Waals surface area contributed by atoms with E-state index < -0.39 is 23.9 Å². The van der Waals surface area contributed by atoms with Gasteiger partial charge in [0.1, 0.15) is 0 Å². The molecular formula is C10H28CaN2O8. The first-order valence-electron chi connectivity index (χ1n) is 4.21. The number of rotatable bonds is 0. The first-order valence-corrected chi connectivity index (χ1v) is 4.21. The molecule has 11 heteroatoms. The van der Waals surface area contributed by atoms with Crippen LogP contribution in [0.1, 0.15) is 30.5 Å². The normalized spacial score (nSPS) is 4.95. The molecule has 0 fully saturated rings. The fourth-order valence-corrected chi connectivity index (χ4v) is 0. The second-order valence-electron chi connectivity index (χ2n) is 2.08. The molecule has 0 aliphatic heterocycles. The van der Waals surface area contributed by atoms with Crippen LogP contribution in [0.25, 0.3) is 0 Å². The third-order valence-electron chi connectivity index (χ3n) is 0. The van der Waals surface area contributed by atoms with Gasteiger partial charge in [0.25, 0.3) is 23.9 Å². The Labute approximate surface area is 157 Å². The van der Waals surface area contributed by atoms with Crippen molar-refractivity contribution in [2.24, 2.45) is 0 Å². The van der Waals surface area contributed by atoms with Crippen molar-refractivity contribution in [3.63, 3.8) is 0 Å². The van der Waals surface area contributed by atoms with E-state index in [1.54, 1.807) is 0 Å². The summed E-state index contributed by atoms with van der Waals surface area (Å²) in [6, 6.07) is 0. The predicted molar refractivity (Wildman–Crippen MR) is 82.5 cm³/mol. The summed E-state index contributed by atoms with van der Waals surface area (Å²) >= 11 is 0. The van der Waals surface area contributed by atoms with Crippen LogP contribution in [0.15, 0.2) is 13.2 Å². The molecule has 0 aromatic carbocycles. The predicted octanol–water partition coefficient (Wildman–Crippen LogP) is 1.33. The van der Waals surface area contributed by atoms with Crippen LogP contribution in [0.5, 0.6) is 0 Å². The van der Waals surface area contributed by atoms with Crippen LogP contribution < -0.4 is 12.3 Å². The first-order chi connectivity index (χ1) is 7.93. The maximum Gasteiger partial charge on any atom is 2.00 e. The molecule has 0 saturated heterocycles. The zero-order chi connectivity index (χ0) is 16.3. The zero-order valence-corrected chi connectivity index (χ0v) is 15.2. The molecule has 0 bridgehead atoms. The van der Waals surface area contributed by atoms with Gasteiger partial charge in [-0.05, 0) is 0 Å². The van der Waals surface area contributed by atoms with E-state index in [-0.39, 0.29) is 52.9 Å². The summed E-state index contributed by atoms with van der Waals surface area (Å²) in [5.74, 6) is -3.33. The standard InChI is InChI=1S/4C2H4O2.C2H4.Ca.2H3N.2H/c4*1-2(3)4;1-2;;;;;/h4*1H3,(H,3,4);1-2H2;;2*1H3;;/q;;;;;+2;;;2*-1. The molecule has 0 saturated carbocycles. The van der Waals surface area contributed by atoms with Gasteiger partial charge in [0.2, 0.25) is 0 Å². The Kier molecular flexibility index (Phi) is 122. The molecule has 0 aromatic heterocycles. The van der Waals surface area contributed by atoms with Crippen molar-refractivity contribution in [2.45, 2.75) is 27.7 Å². The maximum atomic E-state index is 9.00. The molecule has 0 heterocycles. The van der Waals surface area contributed by atoms with E-state index in [9.17, 15) is 0 Å². The molecule has 10 nitrogen and oxygen atoms in total. The minimum Gasteiger partial charge on any atom is -1.00 e. The molecule has 128 valence electrons. The Bertz CT molecular complexity index is 195. The van der Waals surface area contributed by atoms with Crippen molar-refractivity contribution < 1.29 is 42.5 Å². The van der Waals surface area contributed by atoms with Crippen LogP contribution in [-0.4, -0.2) is 82.0 Å². The quantitative estimate of drug-likeness (QED) is 0.273. The van der Waals surface area contributed by atoms with Crippen molar-refractivity contribution >= 4 is 61.6 Å². The third-order valence-corrected chi connectivity index (χ3v) is 0. The minimum absolute atomic E-state index is 0. The topological polar surface area (TPSA) is 219 Å². The molecule has 21 heavy (non-hydrogen) atoms. The summed E-state index contributed by atoms with van der Waals surface area (Å²) in [6.07, 6.45) is 0. The Morgan fingerprint density at radius 3 is 0.619 bits per heavy atom. The molecule has 0 aliphatic rings. The summed E-state index contributed by atoms with van der Waals surface area (Å²) in [7, 11) is 0. The van der Waals surface area contributed by atoms with E-state index in [1.807, 2.05) is 0 Å². The molecule has 0 atom stereocenters. The minimum atomic E-state index is -0.833. The van der Waals surface area contributed by atoms with Crippen LogP contribution in [0.3, 0.4) is 0 Å². The van der Waals surface area contributed by atoms with Gasteiger partial charge in [0.05, 0.1) is 0 Å². The van der Waals surface area contributed by atoms with Gasteiger partial charge in [0.15, 0.2) is 0 Å². The fourth-order valence-electron chi connectivity index (χ4n) is 0. The van der Waals surface area contributed by atoms with Crippen molar-refractivity contribution in [2.75, 3.05) is 0 Å². The molecule has 0 rings (SSSR count). The van der Waals surface area contributed by atoms with Crippen molar-refractivity contribution in [3.8, 4) is 0 Å². The number of aliphatic carboxylic acids is 4. The molecule has 0 spiro atoms. The van der Waals surface area contributed by atoms with E-state index >= 15 is 0 Å². The first kappa shape index (κ1) is 50.3. The van der Waals surface area contributed by atoms with Gasteiger partial charge >= 0.3 is 37.7 Å². The van der Waals surface area contributed by atoms with Gasteiger partial charge in [-0.15, -0.1) is 13.2 Å². The van der Waals surface area contributed by atoms with E-state index in [0.29, 0.717) is 0 Å². The SMILES string of the molecule is C=C.CC(=O)O.CC(=O)O.CC(=O)O.CC(=O)O.N.N.[Ca+2].[H-].[H-]. The second-order valence-corrected chi connectivity index (χ2v) is 2.08. The molecule has 0 unspecified atom stereocenters. The van der Waals surface area contributed by atoms with Crippen LogP contribution in [-0.2, 0) is 19.2 Å². The molecule has 0 radical (unpaired) electrons. The summed E-state index contributed by atoms with van der Waals surface area (Å²) in [4.78, 5) is 36.0. The average molecular weight is 344 g/mol. The maximum absolute atomic E-state index is 9.00. The summed E-state index contributed by atoms with van der Waals surface area (Å²) in [5, 5.41) is 29.7. The number of carbonyl (C=O) groups is 4. The van der Waals surface area contributed by atoms with Crippen LogP contribution in [0.2, 0.25) is 0 Å². The number of hydrogen-bond acceptors (Lipinski definition) is 6. The smallest absolute Gasteiger partial charge is 1.00 e. The molecule has 0 aromatic rings. The van der Waals surface area contributed by atoms with Crippen LogP contribution in [0.4, 0.5) is 0 Å². The summed E-state index contributed by atoms with van der Waals surface area (Å²) < 4.78 is 0. The van der Waals surface area contributed by atoms with E-state index in [2.05, 4.69) is 13.2 Å². The van der Waals surface area contributed by atoms with Crippen LogP contribution >= 0.6 is 0 Å². The van der Waals surface area contributed by atoms with Gasteiger partial charge < -0.3 is 35.6 Å². The zero-order valence-electron chi connectivity index (χ0n) is 15.0. The molecule has 10 N–H and O–H groups in total.